The number of benzene rings is 3. The van der Waals surface area contributed by atoms with Gasteiger partial charge in [0.25, 0.3) is 10.0 Å². The minimum atomic E-state index is -4.09. The highest BCUT2D eigenvalue weighted by Gasteiger charge is 2.32. The maximum absolute atomic E-state index is 14.0. The summed E-state index contributed by atoms with van der Waals surface area (Å²) >= 11 is 0. The van der Waals surface area contributed by atoms with E-state index in [0.29, 0.717) is 11.4 Å². The van der Waals surface area contributed by atoms with Crippen molar-refractivity contribution in [2.75, 3.05) is 18.0 Å². The van der Waals surface area contributed by atoms with Gasteiger partial charge in [0.15, 0.2) is 0 Å². The van der Waals surface area contributed by atoms with Crippen LogP contribution in [-0.4, -0.2) is 50.9 Å². The van der Waals surface area contributed by atoms with Crippen molar-refractivity contribution in [1.82, 2.24) is 10.2 Å². The first kappa shape index (κ1) is 30.7. The number of rotatable bonds is 12. The molecule has 0 saturated heterocycles. The van der Waals surface area contributed by atoms with Crippen LogP contribution in [-0.2, 0) is 26.2 Å². The number of nitrogens with one attached hydrogen (secondary N) is 1. The fourth-order valence-electron chi connectivity index (χ4n) is 4.19. The first-order valence-electron chi connectivity index (χ1n) is 13.3. The maximum atomic E-state index is 14.0. The first-order chi connectivity index (χ1) is 18.9. The topological polar surface area (TPSA) is 96.0 Å². The number of amides is 2. The zero-order valence-corrected chi connectivity index (χ0v) is 24.8. The van der Waals surface area contributed by atoms with Crippen LogP contribution in [0.5, 0.6) is 5.75 Å². The summed E-state index contributed by atoms with van der Waals surface area (Å²) in [4.78, 5) is 28.4. The van der Waals surface area contributed by atoms with E-state index >= 15 is 0 Å². The number of carbonyl (C=O) groups excluding carboxylic acids is 2. The van der Waals surface area contributed by atoms with Crippen LogP contribution in [0, 0.1) is 0 Å². The molecule has 0 aliphatic carbocycles. The lowest BCUT2D eigenvalue weighted by atomic mass is 10.0. The number of methoxy groups -OCH3 is 1. The van der Waals surface area contributed by atoms with Crippen molar-refractivity contribution in [3.63, 3.8) is 0 Å². The van der Waals surface area contributed by atoms with Crippen LogP contribution >= 0.6 is 0 Å². The summed E-state index contributed by atoms with van der Waals surface area (Å²) in [6, 6.07) is 21.4. The summed E-state index contributed by atoms with van der Waals surface area (Å²) in [5.41, 5.74) is 2.19. The summed E-state index contributed by atoms with van der Waals surface area (Å²) in [6.45, 7) is 9.07. The summed E-state index contributed by atoms with van der Waals surface area (Å²) in [7, 11) is -2.53. The van der Waals surface area contributed by atoms with Crippen LogP contribution in [0.2, 0.25) is 0 Å². The molecule has 0 fully saturated rings. The zero-order chi connectivity index (χ0) is 29.4. The Bertz CT molecular complexity index is 1370. The standard InChI is InChI=1S/C31H39N3O5S/c1-22(2)26-14-16-27(17-15-26)34(40(37,38)29-10-8-7-9-11-29)21-30(35)33(24(5)31(36)32-23(3)4)20-25-12-18-28(39-6)19-13-25/h7-19,22-24H,20-21H2,1-6H3,(H,32,36)/t24-/m1/s1. The Morgan fingerprint density at radius 1 is 0.850 bits per heavy atom. The second kappa shape index (κ2) is 13.5. The normalized spacial score (nSPS) is 12.2. The molecule has 1 N–H and O–H groups in total. The van der Waals surface area contributed by atoms with E-state index in [1.807, 2.05) is 38.1 Å². The van der Waals surface area contributed by atoms with Gasteiger partial charge in [-0.25, -0.2) is 8.42 Å². The van der Waals surface area contributed by atoms with E-state index < -0.39 is 28.5 Å². The monoisotopic (exact) mass is 565 g/mol. The van der Waals surface area contributed by atoms with E-state index in [1.54, 1.807) is 56.5 Å². The van der Waals surface area contributed by atoms with Gasteiger partial charge in [0.2, 0.25) is 11.8 Å². The molecule has 8 nitrogen and oxygen atoms in total. The smallest absolute Gasteiger partial charge is 0.264 e. The fraction of sp³-hybridized carbons (Fsp3) is 0.355. The Morgan fingerprint density at radius 2 is 1.45 bits per heavy atom. The summed E-state index contributed by atoms with van der Waals surface area (Å²) in [5, 5.41) is 2.86. The molecule has 0 radical (unpaired) electrons. The lowest BCUT2D eigenvalue weighted by Crippen LogP contribution is -2.52. The highest BCUT2D eigenvalue weighted by Crippen LogP contribution is 2.26. The summed E-state index contributed by atoms with van der Waals surface area (Å²) < 4.78 is 34.1. The second-order valence-corrected chi connectivity index (χ2v) is 12.1. The predicted octanol–water partition coefficient (Wildman–Crippen LogP) is 4.96. The van der Waals surface area contributed by atoms with Crippen molar-refractivity contribution < 1.29 is 22.7 Å². The Kier molecular flexibility index (Phi) is 10.3. The second-order valence-electron chi connectivity index (χ2n) is 10.3. The Labute approximate surface area is 238 Å². The van der Waals surface area contributed by atoms with Crippen molar-refractivity contribution in [1.29, 1.82) is 0 Å². The molecule has 0 saturated carbocycles. The number of nitrogens with zero attached hydrogens (tertiary/aromatic N) is 2. The van der Waals surface area contributed by atoms with Gasteiger partial charge in [-0.15, -0.1) is 0 Å². The van der Waals surface area contributed by atoms with Gasteiger partial charge in [-0.3, -0.25) is 13.9 Å². The molecule has 0 unspecified atom stereocenters. The van der Waals surface area contributed by atoms with E-state index in [-0.39, 0.29) is 29.3 Å². The first-order valence-corrected chi connectivity index (χ1v) is 14.8. The molecule has 9 heteroatoms. The quantitative estimate of drug-likeness (QED) is 0.335. The number of hydrogen-bond acceptors (Lipinski definition) is 5. The third-order valence-electron chi connectivity index (χ3n) is 6.57. The SMILES string of the molecule is COc1ccc(CN(C(=O)CN(c2ccc(C(C)C)cc2)S(=O)(=O)c2ccccc2)[C@H](C)C(=O)NC(C)C)cc1. The number of anilines is 1. The van der Waals surface area contributed by atoms with E-state index in [4.69, 9.17) is 4.74 Å². The average molecular weight is 566 g/mol. The largest absolute Gasteiger partial charge is 0.497 e. The Balaban J connectivity index is 2.02. The highest BCUT2D eigenvalue weighted by atomic mass is 32.2. The molecule has 40 heavy (non-hydrogen) atoms. The lowest BCUT2D eigenvalue weighted by Gasteiger charge is -2.32. The van der Waals surface area contributed by atoms with Gasteiger partial charge in [-0.05, 0) is 74.2 Å². The Morgan fingerprint density at radius 3 is 1.98 bits per heavy atom. The molecule has 0 aliphatic heterocycles. The molecule has 2 amide bonds. The van der Waals surface area contributed by atoms with E-state index in [1.165, 1.54) is 17.0 Å². The molecule has 3 aromatic carbocycles. The van der Waals surface area contributed by atoms with Crippen LogP contribution in [0.25, 0.3) is 0 Å². The van der Waals surface area contributed by atoms with Crippen molar-refractivity contribution >= 4 is 27.5 Å². The summed E-state index contributed by atoms with van der Waals surface area (Å²) in [6.07, 6.45) is 0. The minimum absolute atomic E-state index is 0.0723. The van der Waals surface area contributed by atoms with Crippen LogP contribution in [0.4, 0.5) is 5.69 Å². The van der Waals surface area contributed by atoms with Gasteiger partial charge in [0.1, 0.15) is 18.3 Å². The summed E-state index contributed by atoms with van der Waals surface area (Å²) in [5.74, 6) is 0.0950. The molecule has 3 aromatic rings. The molecule has 3 rings (SSSR count). The Hall–Kier alpha value is -3.85. The molecule has 0 heterocycles. The average Bonchev–Trinajstić information content (AvgIpc) is 2.94. The van der Waals surface area contributed by atoms with E-state index in [0.717, 1.165) is 15.4 Å². The number of sulfonamides is 1. The molecular formula is C31H39N3O5S. The number of hydrogen-bond donors (Lipinski definition) is 1. The maximum Gasteiger partial charge on any atom is 0.264 e. The third-order valence-corrected chi connectivity index (χ3v) is 8.36. The van der Waals surface area contributed by atoms with Gasteiger partial charge in [-0.2, -0.15) is 0 Å². The van der Waals surface area contributed by atoms with E-state index in [2.05, 4.69) is 19.2 Å². The molecule has 214 valence electrons. The van der Waals surface area contributed by atoms with Crippen molar-refractivity contribution in [3.8, 4) is 5.75 Å². The van der Waals surface area contributed by atoms with Crippen LogP contribution in [0.3, 0.4) is 0 Å². The molecule has 0 aromatic heterocycles. The molecule has 0 spiro atoms. The fourth-order valence-corrected chi connectivity index (χ4v) is 5.62. The molecule has 1 atom stereocenters. The van der Waals surface area contributed by atoms with Crippen LogP contribution in [0.15, 0.2) is 83.8 Å². The number of carbonyl (C=O) groups is 2. The zero-order valence-electron chi connectivity index (χ0n) is 24.0. The van der Waals surface area contributed by atoms with Gasteiger partial charge in [0, 0.05) is 12.6 Å². The predicted molar refractivity (Wildman–Crippen MR) is 158 cm³/mol. The van der Waals surface area contributed by atoms with Gasteiger partial charge < -0.3 is 15.0 Å². The van der Waals surface area contributed by atoms with Crippen LogP contribution in [0.1, 0.15) is 51.7 Å². The van der Waals surface area contributed by atoms with Crippen LogP contribution < -0.4 is 14.4 Å². The molecule has 0 bridgehead atoms. The van der Waals surface area contributed by atoms with Crippen molar-refractivity contribution in [2.24, 2.45) is 0 Å². The van der Waals surface area contributed by atoms with Gasteiger partial charge in [0.05, 0.1) is 17.7 Å². The molecule has 0 aliphatic rings. The third kappa shape index (κ3) is 7.63. The van der Waals surface area contributed by atoms with Crippen molar-refractivity contribution in [2.45, 2.75) is 64.1 Å². The van der Waals surface area contributed by atoms with E-state index in [9.17, 15) is 18.0 Å². The number of ether oxygens (including phenoxy) is 1. The van der Waals surface area contributed by atoms with Gasteiger partial charge >= 0.3 is 0 Å². The highest BCUT2D eigenvalue weighted by molar-refractivity contribution is 7.92. The van der Waals surface area contributed by atoms with Crippen molar-refractivity contribution in [3.05, 3.63) is 90.0 Å². The van der Waals surface area contributed by atoms with Gasteiger partial charge in [-0.1, -0.05) is 56.3 Å². The minimum Gasteiger partial charge on any atom is -0.497 e. The molecular weight excluding hydrogens is 526 g/mol. The lowest BCUT2D eigenvalue weighted by molar-refractivity contribution is -0.139.